The summed E-state index contributed by atoms with van der Waals surface area (Å²) in [6.07, 6.45) is 5.13. The fourth-order valence-electron chi connectivity index (χ4n) is 4.10. The predicted molar refractivity (Wildman–Crippen MR) is 129 cm³/mol. The van der Waals surface area contributed by atoms with Gasteiger partial charge in [0.25, 0.3) is 0 Å². The van der Waals surface area contributed by atoms with Crippen LogP contribution < -0.4 is 10.1 Å². The van der Waals surface area contributed by atoms with Crippen molar-refractivity contribution in [2.24, 2.45) is 0 Å². The van der Waals surface area contributed by atoms with Crippen molar-refractivity contribution in [1.82, 2.24) is 14.7 Å². The Morgan fingerprint density at radius 3 is 2.66 bits per heavy atom. The minimum absolute atomic E-state index is 0.0462. The number of hydrogen-bond donors (Lipinski definition) is 1. The van der Waals surface area contributed by atoms with Crippen LogP contribution in [0.5, 0.6) is 5.75 Å². The second kappa shape index (κ2) is 10.3. The van der Waals surface area contributed by atoms with Gasteiger partial charge in [0.2, 0.25) is 5.91 Å². The first-order valence-electron chi connectivity index (χ1n) is 11.4. The zero-order chi connectivity index (χ0) is 24.0. The number of benzene rings is 2. The number of nitrogens with one attached hydrogen (secondary N) is 1. The molecular weight excluding hydrogens is 445 g/mol. The molecule has 1 amide bonds. The number of aromatic nitrogens is 2. The van der Waals surface area contributed by atoms with Crippen LogP contribution in [-0.2, 0) is 17.9 Å². The van der Waals surface area contributed by atoms with Gasteiger partial charge in [0.1, 0.15) is 18.2 Å². The number of rotatable bonds is 9. The highest BCUT2D eigenvalue weighted by Crippen LogP contribution is 2.32. The third-order valence-corrected chi connectivity index (χ3v) is 5.83. The molecule has 7 heteroatoms. The van der Waals surface area contributed by atoms with E-state index in [4.69, 9.17) is 9.15 Å². The Balaban J connectivity index is 1.44. The Labute approximate surface area is 202 Å². The van der Waals surface area contributed by atoms with E-state index in [1.165, 1.54) is 6.07 Å². The van der Waals surface area contributed by atoms with Crippen molar-refractivity contribution in [3.8, 4) is 5.75 Å². The van der Waals surface area contributed by atoms with Gasteiger partial charge >= 0.3 is 0 Å². The maximum absolute atomic E-state index is 14.9. The Morgan fingerprint density at radius 1 is 1.03 bits per heavy atom. The van der Waals surface area contributed by atoms with Gasteiger partial charge in [0.05, 0.1) is 18.5 Å². The highest BCUT2D eigenvalue weighted by molar-refractivity contribution is 5.77. The zero-order valence-electron chi connectivity index (χ0n) is 18.9. The zero-order valence-corrected chi connectivity index (χ0v) is 18.9. The van der Waals surface area contributed by atoms with Crippen LogP contribution in [0, 0.1) is 5.82 Å². The molecule has 0 aliphatic rings. The molecule has 2 aromatic carbocycles. The minimum atomic E-state index is -0.549. The lowest BCUT2D eigenvalue weighted by Gasteiger charge is -2.18. The first-order chi connectivity index (χ1) is 17.2. The normalized spacial score (nSPS) is 11.9. The number of carbonyl (C=O) groups excluding carboxylic acids is 1. The summed E-state index contributed by atoms with van der Waals surface area (Å²) in [6.45, 7) is 0.662. The first-order valence-corrected chi connectivity index (χ1v) is 11.4. The van der Waals surface area contributed by atoms with Gasteiger partial charge in [0.15, 0.2) is 11.4 Å². The first kappa shape index (κ1) is 22.4. The SMILES string of the molecule is O=C(CC(c1ccccc1F)c1cnc2c(OCc3ccccc3)cccn12)NCc1ccco1. The molecule has 35 heavy (non-hydrogen) atoms. The Hall–Kier alpha value is -4.39. The lowest BCUT2D eigenvalue weighted by Crippen LogP contribution is -2.25. The molecule has 1 N–H and O–H groups in total. The van der Waals surface area contributed by atoms with Crippen molar-refractivity contribution < 1.29 is 18.3 Å². The van der Waals surface area contributed by atoms with Gasteiger partial charge in [-0.05, 0) is 41.5 Å². The number of amides is 1. The highest BCUT2D eigenvalue weighted by Gasteiger charge is 2.25. The van der Waals surface area contributed by atoms with Crippen molar-refractivity contribution in [3.05, 3.63) is 126 Å². The van der Waals surface area contributed by atoms with Gasteiger partial charge < -0.3 is 18.9 Å². The molecule has 0 fully saturated rings. The smallest absolute Gasteiger partial charge is 0.221 e. The van der Waals surface area contributed by atoms with Gasteiger partial charge in [-0.25, -0.2) is 9.37 Å². The molecule has 0 radical (unpaired) electrons. The van der Waals surface area contributed by atoms with E-state index in [9.17, 15) is 9.18 Å². The van der Waals surface area contributed by atoms with Gasteiger partial charge in [-0.15, -0.1) is 0 Å². The van der Waals surface area contributed by atoms with E-state index in [-0.39, 0.29) is 24.7 Å². The number of halogens is 1. The third-order valence-electron chi connectivity index (χ3n) is 5.83. The van der Waals surface area contributed by atoms with E-state index in [0.717, 1.165) is 5.56 Å². The molecule has 3 heterocycles. The number of pyridine rings is 1. The number of fused-ring (bicyclic) bond motifs is 1. The quantitative estimate of drug-likeness (QED) is 0.310. The maximum Gasteiger partial charge on any atom is 0.221 e. The second-order valence-electron chi connectivity index (χ2n) is 8.16. The molecular formula is C28H24FN3O3. The van der Waals surface area contributed by atoms with Gasteiger partial charge in [-0.3, -0.25) is 4.79 Å². The summed E-state index contributed by atoms with van der Waals surface area (Å²) >= 11 is 0. The average molecular weight is 470 g/mol. The predicted octanol–water partition coefficient (Wildman–Crippen LogP) is 5.48. The summed E-state index contributed by atoms with van der Waals surface area (Å²) in [6, 6.07) is 23.6. The van der Waals surface area contributed by atoms with Crippen LogP contribution in [0.2, 0.25) is 0 Å². The molecule has 176 valence electrons. The maximum atomic E-state index is 14.9. The third kappa shape index (κ3) is 5.09. The van der Waals surface area contributed by atoms with E-state index in [2.05, 4.69) is 10.3 Å². The van der Waals surface area contributed by atoms with Crippen LogP contribution in [0.4, 0.5) is 4.39 Å². The van der Waals surface area contributed by atoms with Crippen LogP contribution in [0.3, 0.4) is 0 Å². The Bertz CT molecular complexity index is 1410. The van der Waals surface area contributed by atoms with Crippen LogP contribution >= 0.6 is 0 Å². The summed E-state index contributed by atoms with van der Waals surface area (Å²) in [5.41, 5.74) is 2.77. The fraction of sp³-hybridized carbons (Fsp3) is 0.143. The molecule has 1 unspecified atom stereocenters. The molecule has 1 atom stereocenters. The number of carbonyl (C=O) groups is 1. The summed E-state index contributed by atoms with van der Waals surface area (Å²) < 4.78 is 28.1. The van der Waals surface area contributed by atoms with E-state index >= 15 is 0 Å². The standard InChI is InChI=1S/C28H24FN3O3/c29-24-12-5-4-11-22(24)23(16-27(33)30-17-21-10-7-15-34-21)25-18-31-28-26(13-6-14-32(25)28)35-19-20-8-2-1-3-9-20/h1-15,18,23H,16-17,19H2,(H,30,33). The molecule has 0 saturated carbocycles. The van der Waals surface area contributed by atoms with E-state index in [1.54, 1.807) is 42.8 Å². The van der Waals surface area contributed by atoms with Crippen molar-refractivity contribution in [1.29, 1.82) is 0 Å². The number of nitrogens with zero attached hydrogens (tertiary/aromatic N) is 2. The summed E-state index contributed by atoms with van der Waals surface area (Å²) in [4.78, 5) is 17.4. The van der Waals surface area contributed by atoms with Crippen molar-refractivity contribution in [2.45, 2.75) is 25.5 Å². The van der Waals surface area contributed by atoms with Gasteiger partial charge in [-0.2, -0.15) is 0 Å². The van der Waals surface area contributed by atoms with Crippen molar-refractivity contribution in [2.75, 3.05) is 0 Å². The van der Waals surface area contributed by atoms with E-state index in [1.807, 2.05) is 53.1 Å². The molecule has 5 rings (SSSR count). The fourth-order valence-corrected chi connectivity index (χ4v) is 4.10. The minimum Gasteiger partial charge on any atom is -0.485 e. The molecule has 0 saturated heterocycles. The summed E-state index contributed by atoms with van der Waals surface area (Å²) in [5.74, 6) is 0.115. The van der Waals surface area contributed by atoms with Gasteiger partial charge in [-0.1, -0.05) is 48.5 Å². The number of hydrogen-bond acceptors (Lipinski definition) is 4. The second-order valence-corrected chi connectivity index (χ2v) is 8.16. The van der Waals surface area contributed by atoms with Crippen LogP contribution in [0.15, 0.2) is 102 Å². The molecule has 0 bridgehead atoms. The number of ether oxygens (including phenoxy) is 1. The van der Waals surface area contributed by atoms with Crippen LogP contribution in [0.25, 0.3) is 5.65 Å². The summed E-state index contributed by atoms with van der Waals surface area (Å²) in [5, 5.41) is 2.86. The molecule has 0 aliphatic heterocycles. The van der Waals surface area contributed by atoms with Gasteiger partial charge in [0, 0.05) is 24.7 Å². The lowest BCUT2D eigenvalue weighted by molar-refractivity contribution is -0.121. The Morgan fingerprint density at radius 2 is 1.86 bits per heavy atom. The lowest BCUT2D eigenvalue weighted by atomic mass is 9.92. The van der Waals surface area contributed by atoms with E-state index in [0.29, 0.717) is 35.0 Å². The van der Waals surface area contributed by atoms with Crippen LogP contribution in [-0.4, -0.2) is 15.3 Å². The topological polar surface area (TPSA) is 68.8 Å². The largest absolute Gasteiger partial charge is 0.485 e. The molecule has 6 nitrogen and oxygen atoms in total. The molecule has 3 aromatic heterocycles. The number of furan rings is 1. The molecule has 0 aliphatic carbocycles. The van der Waals surface area contributed by atoms with Crippen LogP contribution in [0.1, 0.15) is 34.9 Å². The molecule has 0 spiro atoms. The number of imidazole rings is 1. The van der Waals surface area contributed by atoms with Crippen molar-refractivity contribution >= 4 is 11.6 Å². The van der Waals surface area contributed by atoms with Crippen molar-refractivity contribution in [3.63, 3.8) is 0 Å². The molecule has 5 aromatic rings. The summed E-state index contributed by atoms with van der Waals surface area (Å²) in [7, 11) is 0. The Kier molecular flexibility index (Phi) is 6.57. The highest BCUT2D eigenvalue weighted by atomic mass is 19.1. The average Bonchev–Trinajstić information content (AvgIpc) is 3.56. The van der Waals surface area contributed by atoms with E-state index < -0.39 is 5.92 Å². The monoisotopic (exact) mass is 469 g/mol.